The Kier molecular flexibility index (Phi) is 3.14. The van der Waals surface area contributed by atoms with Crippen LogP contribution in [-0.2, 0) is 0 Å². The largest absolute Gasteiger partial charge is 0.478 e. The van der Waals surface area contributed by atoms with Gasteiger partial charge in [-0.05, 0) is 32.4 Å². The topological polar surface area (TPSA) is 72.3 Å². The third kappa shape index (κ3) is 1.99. The monoisotopic (exact) mass is 246 g/mol. The number of aryl methyl sites for hydroxylation is 2. The van der Waals surface area contributed by atoms with E-state index in [2.05, 4.69) is 9.97 Å². The highest BCUT2D eigenvalue weighted by molar-refractivity contribution is 5.96. The summed E-state index contributed by atoms with van der Waals surface area (Å²) in [6, 6.07) is 1.57. The fourth-order valence-corrected chi connectivity index (χ4v) is 1.82. The molecule has 2 aromatic rings. The number of hydrogen-bond acceptors (Lipinski definition) is 4. The van der Waals surface area contributed by atoms with E-state index in [9.17, 15) is 4.79 Å². The van der Waals surface area contributed by atoms with Crippen LogP contribution in [0.25, 0.3) is 10.9 Å². The molecule has 0 aliphatic rings. The lowest BCUT2D eigenvalue weighted by atomic mass is 10.1. The zero-order valence-corrected chi connectivity index (χ0v) is 10.5. The first-order valence-corrected chi connectivity index (χ1v) is 5.67. The first-order chi connectivity index (χ1) is 8.54. The molecule has 0 radical (unpaired) electrons. The molecule has 0 aromatic carbocycles. The van der Waals surface area contributed by atoms with Crippen LogP contribution in [0.1, 0.15) is 28.5 Å². The molecule has 0 aliphatic carbocycles. The second kappa shape index (κ2) is 4.60. The number of carbonyl (C=O) groups is 1. The highest BCUT2D eigenvalue weighted by atomic mass is 16.5. The minimum Gasteiger partial charge on any atom is -0.478 e. The maximum absolute atomic E-state index is 11.1. The molecule has 0 aliphatic heterocycles. The molecule has 1 N–H and O–H groups in total. The number of carboxylic acid groups (broad SMARTS) is 1. The average Bonchev–Trinajstić information content (AvgIpc) is 2.32. The second-order valence-corrected chi connectivity index (χ2v) is 4.00. The molecular weight excluding hydrogens is 232 g/mol. The van der Waals surface area contributed by atoms with Crippen molar-refractivity contribution < 1.29 is 14.6 Å². The van der Waals surface area contributed by atoms with Gasteiger partial charge < -0.3 is 9.84 Å². The SMILES string of the molecule is CCOc1ncc(C)c2nc(C)c(C(=O)O)cc12. The Hall–Kier alpha value is -2.17. The summed E-state index contributed by atoms with van der Waals surface area (Å²) < 4.78 is 5.40. The van der Waals surface area contributed by atoms with Gasteiger partial charge in [-0.2, -0.15) is 0 Å². The van der Waals surface area contributed by atoms with Crippen molar-refractivity contribution >= 4 is 16.9 Å². The lowest BCUT2D eigenvalue weighted by molar-refractivity contribution is 0.0696. The summed E-state index contributed by atoms with van der Waals surface area (Å²) in [5, 5.41) is 9.75. The van der Waals surface area contributed by atoms with Crippen LogP contribution in [0.5, 0.6) is 5.88 Å². The number of aromatic nitrogens is 2. The van der Waals surface area contributed by atoms with Gasteiger partial charge in [0.05, 0.1) is 28.8 Å². The predicted molar refractivity (Wildman–Crippen MR) is 67.1 cm³/mol. The molecule has 0 saturated heterocycles. The third-order valence-electron chi connectivity index (χ3n) is 2.70. The van der Waals surface area contributed by atoms with Crippen molar-refractivity contribution in [1.82, 2.24) is 9.97 Å². The van der Waals surface area contributed by atoms with Gasteiger partial charge in [0.1, 0.15) is 0 Å². The first kappa shape index (κ1) is 12.3. The van der Waals surface area contributed by atoms with Crippen LogP contribution in [-0.4, -0.2) is 27.7 Å². The Morgan fingerprint density at radius 1 is 1.44 bits per heavy atom. The van der Waals surface area contributed by atoms with E-state index >= 15 is 0 Å². The summed E-state index contributed by atoms with van der Waals surface area (Å²) in [5.74, 6) is -0.570. The molecule has 94 valence electrons. The smallest absolute Gasteiger partial charge is 0.337 e. The van der Waals surface area contributed by atoms with Crippen molar-refractivity contribution in [2.24, 2.45) is 0 Å². The van der Waals surface area contributed by atoms with E-state index in [0.29, 0.717) is 23.6 Å². The van der Waals surface area contributed by atoms with Crippen LogP contribution in [0.15, 0.2) is 12.3 Å². The normalized spacial score (nSPS) is 10.6. The van der Waals surface area contributed by atoms with Gasteiger partial charge in [-0.15, -0.1) is 0 Å². The zero-order chi connectivity index (χ0) is 13.3. The van der Waals surface area contributed by atoms with Gasteiger partial charge in [0.15, 0.2) is 0 Å². The van der Waals surface area contributed by atoms with E-state index in [0.717, 1.165) is 11.1 Å². The first-order valence-electron chi connectivity index (χ1n) is 5.67. The summed E-state index contributed by atoms with van der Waals surface area (Å²) in [6.07, 6.45) is 1.68. The maximum Gasteiger partial charge on any atom is 0.337 e. The predicted octanol–water partition coefficient (Wildman–Crippen LogP) is 2.34. The van der Waals surface area contributed by atoms with Crippen molar-refractivity contribution in [1.29, 1.82) is 0 Å². The Morgan fingerprint density at radius 2 is 2.17 bits per heavy atom. The Bertz CT molecular complexity index is 623. The number of hydrogen-bond donors (Lipinski definition) is 1. The number of rotatable bonds is 3. The van der Waals surface area contributed by atoms with E-state index in [-0.39, 0.29) is 5.56 Å². The van der Waals surface area contributed by atoms with Crippen molar-refractivity contribution in [3.05, 3.63) is 29.1 Å². The van der Waals surface area contributed by atoms with Gasteiger partial charge in [-0.3, -0.25) is 4.98 Å². The summed E-state index contributed by atoms with van der Waals surface area (Å²) >= 11 is 0. The highest BCUT2D eigenvalue weighted by Crippen LogP contribution is 2.26. The molecule has 5 nitrogen and oxygen atoms in total. The van der Waals surface area contributed by atoms with Gasteiger partial charge in [-0.25, -0.2) is 9.78 Å². The number of carboxylic acids is 1. The molecule has 2 aromatic heterocycles. The molecular formula is C13H14N2O3. The molecule has 0 spiro atoms. The molecule has 2 rings (SSSR count). The molecule has 18 heavy (non-hydrogen) atoms. The quantitative estimate of drug-likeness (QED) is 0.899. The fraction of sp³-hybridized carbons (Fsp3) is 0.308. The summed E-state index contributed by atoms with van der Waals surface area (Å²) in [7, 11) is 0. The number of ether oxygens (including phenoxy) is 1. The van der Waals surface area contributed by atoms with Gasteiger partial charge in [-0.1, -0.05) is 0 Å². The van der Waals surface area contributed by atoms with E-state index < -0.39 is 5.97 Å². The van der Waals surface area contributed by atoms with Gasteiger partial charge in [0.2, 0.25) is 5.88 Å². The van der Waals surface area contributed by atoms with Crippen LogP contribution in [0.2, 0.25) is 0 Å². The average molecular weight is 246 g/mol. The van der Waals surface area contributed by atoms with Crippen LogP contribution >= 0.6 is 0 Å². The molecule has 0 amide bonds. The molecule has 0 fully saturated rings. The van der Waals surface area contributed by atoms with E-state index in [4.69, 9.17) is 9.84 Å². The minimum absolute atomic E-state index is 0.177. The zero-order valence-electron chi connectivity index (χ0n) is 10.5. The van der Waals surface area contributed by atoms with Gasteiger partial charge in [0.25, 0.3) is 0 Å². The summed E-state index contributed by atoms with van der Waals surface area (Å²) in [5.41, 5.74) is 2.30. The van der Waals surface area contributed by atoms with E-state index in [1.54, 1.807) is 19.2 Å². The molecule has 0 bridgehead atoms. The van der Waals surface area contributed by atoms with Crippen LogP contribution in [0.4, 0.5) is 0 Å². The number of fused-ring (bicyclic) bond motifs is 1. The molecule has 2 heterocycles. The Morgan fingerprint density at radius 3 is 2.78 bits per heavy atom. The van der Waals surface area contributed by atoms with Crippen molar-refractivity contribution in [2.75, 3.05) is 6.61 Å². The molecule has 0 unspecified atom stereocenters. The summed E-state index contributed by atoms with van der Waals surface area (Å²) in [6.45, 7) is 5.90. The van der Waals surface area contributed by atoms with Crippen molar-refractivity contribution in [3.8, 4) is 5.88 Å². The molecule has 0 saturated carbocycles. The Balaban J connectivity index is 2.79. The lowest BCUT2D eigenvalue weighted by Crippen LogP contribution is -2.04. The second-order valence-electron chi connectivity index (χ2n) is 4.00. The van der Waals surface area contributed by atoms with Crippen LogP contribution < -0.4 is 4.74 Å². The molecule has 5 heteroatoms. The van der Waals surface area contributed by atoms with Gasteiger partial charge in [0, 0.05) is 6.20 Å². The van der Waals surface area contributed by atoms with Crippen LogP contribution in [0.3, 0.4) is 0 Å². The minimum atomic E-state index is -0.995. The number of nitrogens with zero attached hydrogens (tertiary/aromatic N) is 2. The highest BCUT2D eigenvalue weighted by Gasteiger charge is 2.14. The van der Waals surface area contributed by atoms with E-state index in [1.807, 2.05) is 13.8 Å². The maximum atomic E-state index is 11.1. The number of pyridine rings is 2. The lowest BCUT2D eigenvalue weighted by Gasteiger charge is -2.10. The fourth-order valence-electron chi connectivity index (χ4n) is 1.82. The van der Waals surface area contributed by atoms with Crippen molar-refractivity contribution in [3.63, 3.8) is 0 Å². The van der Waals surface area contributed by atoms with E-state index in [1.165, 1.54) is 0 Å². The van der Waals surface area contributed by atoms with Crippen LogP contribution in [0, 0.1) is 13.8 Å². The number of aromatic carboxylic acids is 1. The van der Waals surface area contributed by atoms with Gasteiger partial charge >= 0.3 is 5.97 Å². The van der Waals surface area contributed by atoms with Crippen molar-refractivity contribution in [2.45, 2.75) is 20.8 Å². The molecule has 0 atom stereocenters. The summed E-state index contributed by atoms with van der Waals surface area (Å²) in [4.78, 5) is 19.6. The third-order valence-corrected chi connectivity index (χ3v) is 2.70. The standard InChI is InChI=1S/C13H14N2O3/c1-4-18-12-10-5-9(13(16)17)8(3)15-11(10)7(2)6-14-12/h5-6H,4H2,1-3H3,(H,16,17). The Labute approximate surface area is 104 Å².